The number of imidazole rings is 1. The van der Waals surface area contributed by atoms with E-state index in [0.717, 1.165) is 26.8 Å². The quantitative estimate of drug-likeness (QED) is 0.718. The zero-order valence-corrected chi connectivity index (χ0v) is 12.5. The Labute approximate surface area is 124 Å². The minimum atomic E-state index is 0.457. The number of hydrogen-bond donors (Lipinski definition) is 1. The van der Waals surface area contributed by atoms with Crippen molar-refractivity contribution in [3.63, 3.8) is 0 Å². The van der Waals surface area contributed by atoms with Gasteiger partial charge in [-0.15, -0.1) is 0 Å². The molecule has 19 heavy (non-hydrogen) atoms. The first kappa shape index (κ1) is 12.5. The minimum Gasteiger partial charge on any atom is -0.369 e. The molecule has 5 heteroatoms. The Morgan fingerprint density at radius 3 is 2.74 bits per heavy atom. The number of rotatable bonds is 1. The van der Waals surface area contributed by atoms with Crippen LogP contribution in [0.3, 0.4) is 0 Å². The fourth-order valence-corrected chi connectivity index (χ4v) is 2.53. The lowest BCUT2D eigenvalue weighted by Gasteiger charge is -2.07. The van der Waals surface area contributed by atoms with Gasteiger partial charge in [-0.3, -0.25) is 4.57 Å². The summed E-state index contributed by atoms with van der Waals surface area (Å²) in [7, 11) is 0. The highest BCUT2D eigenvalue weighted by atomic mass is 79.9. The van der Waals surface area contributed by atoms with Gasteiger partial charge in [-0.1, -0.05) is 17.7 Å². The molecule has 3 nitrogen and oxygen atoms in total. The monoisotopic (exact) mass is 335 g/mol. The third-order valence-corrected chi connectivity index (χ3v) is 4.23. The number of nitrogens with two attached hydrogens (primary N) is 1. The predicted molar refractivity (Wildman–Crippen MR) is 82.9 cm³/mol. The van der Waals surface area contributed by atoms with Gasteiger partial charge in [-0.05, 0) is 58.7 Å². The van der Waals surface area contributed by atoms with Crippen LogP contribution in [0.1, 0.15) is 5.56 Å². The smallest absolute Gasteiger partial charge is 0.205 e. The molecule has 0 spiro atoms. The van der Waals surface area contributed by atoms with Crippen LogP contribution in [-0.4, -0.2) is 9.55 Å². The molecule has 0 unspecified atom stereocenters. The van der Waals surface area contributed by atoms with Crippen molar-refractivity contribution in [2.75, 3.05) is 5.73 Å². The van der Waals surface area contributed by atoms with E-state index in [1.165, 1.54) is 0 Å². The van der Waals surface area contributed by atoms with Gasteiger partial charge in [0.05, 0.1) is 21.7 Å². The van der Waals surface area contributed by atoms with E-state index in [1.54, 1.807) is 0 Å². The molecule has 0 aliphatic heterocycles. The molecule has 2 aromatic carbocycles. The van der Waals surface area contributed by atoms with Crippen molar-refractivity contribution >= 4 is 44.5 Å². The molecule has 0 aliphatic carbocycles. The minimum absolute atomic E-state index is 0.457. The van der Waals surface area contributed by atoms with Crippen molar-refractivity contribution in [3.8, 4) is 5.69 Å². The highest BCUT2D eigenvalue weighted by molar-refractivity contribution is 9.10. The summed E-state index contributed by atoms with van der Waals surface area (Å²) in [4.78, 5) is 4.39. The average molecular weight is 337 g/mol. The van der Waals surface area contributed by atoms with Crippen molar-refractivity contribution in [2.24, 2.45) is 0 Å². The number of aromatic nitrogens is 2. The van der Waals surface area contributed by atoms with E-state index in [-0.39, 0.29) is 0 Å². The van der Waals surface area contributed by atoms with E-state index in [4.69, 9.17) is 17.3 Å². The van der Waals surface area contributed by atoms with Crippen LogP contribution >= 0.6 is 27.5 Å². The molecule has 3 rings (SSSR count). The summed E-state index contributed by atoms with van der Waals surface area (Å²) in [6.07, 6.45) is 0. The second kappa shape index (κ2) is 4.54. The third kappa shape index (κ3) is 2.11. The summed E-state index contributed by atoms with van der Waals surface area (Å²) in [6, 6.07) is 11.8. The summed E-state index contributed by atoms with van der Waals surface area (Å²) in [5, 5.41) is 0.644. The summed E-state index contributed by atoms with van der Waals surface area (Å²) < 4.78 is 2.75. The first-order chi connectivity index (χ1) is 9.06. The van der Waals surface area contributed by atoms with Crippen LogP contribution in [0.5, 0.6) is 0 Å². The van der Waals surface area contributed by atoms with Crippen molar-refractivity contribution in [1.29, 1.82) is 0 Å². The highest BCUT2D eigenvalue weighted by Crippen LogP contribution is 2.29. The molecule has 1 heterocycles. The van der Waals surface area contributed by atoms with Crippen molar-refractivity contribution < 1.29 is 0 Å². The molecule has 0 bridgehead atoms. The number of hydrogen-bond acceptors (Lipinski definition) is 2. The first-order valence-electron chi connectivity index (χ1n) is 5.76. The fourth-order valence-electron chi connectivity index (χ4n) is 2.10. The Hall–Kier alpha value is -1.52. The number of fused-ring (bicyclic) bond motifs is 1. The molecule has 0 aliphatic rings. The maximum Gasteiger partial charge on any atom is 0.205 e. The third-order valence-electron chi connectivity index (χ3n) is 3.00. The van der Waals surface area contributed by atoms with E-state index in [2.05, 4.69) is 20.9 Å². The van der Waals surface area contributed by atoms with Gasteiger partial charge in [0.2, 0.25) is 5.95 Å². The highest BCUT2D eigenvalue weighted by Gasteiger charge is 2.11. The van der Waals surface area contributed by atoms with Gasteiger partial charge in [-0.25, -0.2) is 4.98 Å². The predicted octanol–water partition coefficient (Wildman–Crippen LogP) is 4.33. The van der Waals surface area contributed by atoms with Gasteiger partial charge in [0, 0.05) is 4.47 Å². The van der Waals surface area contributed by atoms with E-state index in [1.807, 2.05) is 47.9 Å². The number of nitrogen functional groups attached to an aromatic ring is 1. The Balaban J connectivity index is 2.29. The number of anilines is 1. The Bertz CT molecular complexity index is 780. The molecular formula is C14H11BrClN3. The first-order valence-corrected chi connectivity index (χ1v) is 6.93. The molecule has 0 fully saturated rings. The molecule has 0 saturated carbocycles. The second-order valence-corrected chi connectivity index (χ2v) is 5.66. The SMILES string of the molecule is Cc1ccc2c(c1)nc(N)n2-c1ccc(Br)c(Cl)c1. The van der Waals surface area contributed by atoms with E-state index >= 15 is 0 Å². The zero-order chi connectivity index (χ0) is 13.6. The Kier molecular flexibility index (Phi) is 2.99. The van der Waals surface area contributed by atoms with Gasteiger partial charge in [0.25, 0.3) is 0 Å². The van der Waals surface area contributed by atoms with Crippen molar-refractivity contribution in [3.05, 3.63) is 51.5 Å². The van der Waals surface area contributed by atoms with Crippen LogP contribution in [0.2, 0.25) is 5.02 Å². The van der Waals surface area contributed by atoms with Gasteiger partial charge < -0.3 is 5.73 Å². The van der Waals surface area contributed by atoms with Gasteiger partial charge >= 0.3 is 0 Å². The van der Waals surface area contributed by atoms with Crippen molar-refractivity contribution in [2.45, 2.75) is 6.92 Å². The van der Waals surface area contributed by atoms with E-state index in [9.17, 15) is 0 Å². The second-order valence-electron chi connectivity index (χ2n) is 4.40. The average Bonchev–Trinajstić information content (AvgIpc) is 2.68. The molecule has 0 atom stereocenters. The van der Waals surface area contributed by atoms with Gasteiger partial charge in [0.1, 0.15) is 0 Å². The molecule has 0 saturated heterocycles. The maximum atomic E-state index is 6.14. The standard InChI is InChI=1S/C14H11BrClN3/c1-8-2-5-13-12(6-8)18-14(17)19(13)9-3-4-10(15)11(16)7-9/h2-7H,1H3,(H2,17,18). The molecule has 96 valence electrons. The fraction of sp³-hybridized carbons (Fsp3) is 0.0714. The van der Waals surface area contributed by atoms with E-state index < -0.39 is 0 Å². The molecule has 3 aromatic rings. The molecule has 0 amide bonds. The van der Waals surface area contributed by atoms with Crippen LogP contribution in [-0.2, 0) is 0 Å². The summed E-state index contributed by atoms with van der Waals surface area (Å²) in [5.41, 5.74) is 9.94. The molecular weight excluding hydrogens is 326 g/mol. The van der Waals surface area contributed by atoms with Crippen LogP contribution in [0, 0.1) is 6.92 Å². The number of benzene rings is 2. The normalized spacial score (nSPS) is 11.1. The largest absolute Gasteiger partial charge is 0.369 e. The molecule has 1 aromatic heterocycles. The lowest BCUT2D eigenvalue weighted by molar-refractivity contribution is 1.11. The van der Waals surface area contributed by atoms with Crippen molar-refractivity contribution in [1.82, 2.24) is 9.55 Å². The van der Waals surface area contributed by atoms with Gasteiger partial charge in [-0.2, -0.15) is 0 Å². The van der Waals surface area contributed by atoms with Crippen LogP contribution in [0.4, 0.5) is 5.95 Å². The lowest BCUT2D eigenvalue weighted by Crippen LogP contribution is -2.00. The maximum absolute atomic E-state index is 6.14. The number of aryl methyl sites for hydroxylation is 1. The summed E-state index contributed by atoms with van der Waals surface area (Å²) in [6.45, 7) is 2.03. The summed E-state index contributed by atoms with van der Waals surface area (Å²) >= 11 is 9.52. The summed E-state index contributed by atoms with van der Waals surface area (Å²) in [5.74, 6) is 0.457. The van der Waals surface area contributed by atoms with Gasteiger partial charge in [0.15, 0.2) is 0 Å². The number of halogens is 2. The topological polar surface area (TPSA) is 43.8 Å². The van der Waals surface area contributed by atoms with Crippen LogP contribution < -0.4 is 5.73 Å². The van der Waals surface area contributed by atoms with Crippen LogP contribution in [0.15, 0.2) is 40.9 Å². The van der Waals surface area contributed by atoms with E-state index in [0.29, 0.717) is 11.0 Å². The molecule has 2 N–H and O–H groups in total. The Morgan fingerprint density at radius 2 is 2.00 bits per heavy atom. The lowest BCUT2D eigenvalue weighted by atomic mass is 10.2. The number of nitrogens with zero attached hydrogens (tertiary/aromatic N) is 2. The zero-order valence-electron chi connectivity index (χ0n) is 10.2. The molecule has 0 radical (unpaired) electrons. The van der Waals surface area contributed by atoms with Crippen LogP contribution in [0.25, 0.3) is 16.7 Å². The Morgan fingerprint density at radius 1 is 1.21 bits per heavy atom.